The van der Waals surface area contributed by atoms with Crippen molar-refractivity contribution in [2.45, 2.75) is 70.3 Å². The molecule has 3 aliphatic rings. The molecule has 2 aromatic carbocycles. The lowest BCUT2D eigenvalue weighted by molar-refractivity contribution is -0.122. The molecule has 6 heteroatoms. The molecule has 3 atom stereocenters. The molecular weight excluding hydrogens is 436 g/mol. The third-order valence-electron chi connectivity index (χ3n) is 8.53. The van der Waals surface area contributed by atoms with Crippen LogP contribution in [0.2, 0.25) is 0 Å². The zero-order valence-electron chi connectivity index (χ0n) is 20.2. The summed E-state index contributed by atoms with van der Waals surface area (Å²) in [5, 5.41) is 6.30. The second-order valence-corrected chi connectivity index (χ2v) is 10.8. The Labute approximate surface area is 206 Å². The Balaban J connectivity index is 1.11. The highest BCUT2D eigenvalue weighted by atomic mass is 16.2. The Kier molecular flexibility index (Phi) is 6.05. The van der Waals surface area contributed by atoms with Crippen molar-refractivity contribution in [3.63, 3.8) is 0 Å². The number of aromatic amines is 1. The normalized spacial score (nSPS) is 24.4. The van der Waals surface area contributed by atoms with Crippen molar-refractivity contribution in [3.8, 4) is 11.4 Å². The van der Waals surface area contributed by atoms with Gasteiger partial charge in [0, 0.05) is 28.8 Å². The van der Waals surface area contributed by atoms with Crippen LogP contribution >= 0.6 is 0 Å². The van der Waals surface area contributed by atoms with Crippen LogP contribution in [0.1, 0.15) is 74.6 Å². The maximum Gasteiger partial charge on any atom is 0.251 e. The van der Waals surface area contributed by atoms with Crippen LogP contribution in [0.5, 0.6) is 0 Å². The number of hydrogen-bond acceptors (Lipinski definition) is 3. The number of anilines is 1. The van der Waals surface area contributed by atoms with Gasteiger partial charge in [-0.05, 0) is 99.2 Å². The van der Waals surface area contributed by atoms with Gasteiger partial charge in [-0.2, -0.15) is 0 Å². The van der Waals surface area contributed by atoms with E-state index in [1.54, 1.807) is 0 Å². The average molecular weight is 471 g/mol. The van der Waals surface area contributed by atoms with Gasteiger partial charge < -0.3 is 15.6 Å². The second kappa shape index (κ2) is 9.48. The molecule has 0 aliphatic heterocycles. The minimum Gasteiger partial charge on any atom is -0.349 e. The maximum absolute atomic E-state index is 12.8. The Bertz CT molecular complexity index is 1230. The van der Waals surface area contributed by atoms with Crippen LogP contribution < -0.4 is 10.6 Å². The van der Waals surface area contributed by atoms with Gasteiger partial charge in [0.05, 0.1) is 11.0 Å². The first kappa shape index (κ1) is 22.3. The zero-order chi connectivity index (χ0) is 23.8. The van der Waals surface area contributed by atoms with Crippen LogP contribution in [0.4, 0.5) is 5.69 Å². The number of nitrogens with zero attached hydrogens (tertiary/aromatic N) is 1. The fourth-order valence-electron chi connectivity index (χ4n) is 6.22. The molecule has 0 saturated heterocycles. The number of imidazole rings is 1. The van der Waals surface area contributed by atoms with Crippen molar-refractivity contribution >= 4 is 28.5 Å². The van der Waals surface area contributed by atoms with Crippen molar-refractivity contribution in [1.29, 1.82) is 0 Å². The summed E-state index contributed by atoms with van der Waals surface area (Å²) in [6.45, 7) is 0. The molecule has 3 aliphatic carbocycles. The van der Waals surface area contributed by atoms with E-state index in [0.717, 1.165) is 65.6 Å². The molecular formula is C29H34N4O2. The first-order chi connectivity index (χ1) is 17.1. The summed E-state index contributed by atoms with van der Waals surface area (Å²) in [5.74, 6) is 2.69. The predicted molar refractivity (Wildman–Crippen MR) is 138 cm³/mol. The molecule has 3 N–H and O–H groups in total. The summed E-state index contributed by atoms with van der Waals surface area (Å²) in [6.07, 6.45) is 11.7. The van der Waals surface area contributed by atoms with Crippen LogP contribution in [-0.2, 0) is 4.79 Å². The maximum atomic E-state index is 12.8. The Hall–Kier alpha value is -3.15. The third kappa shape index (κ3) is 4.71. The van der Waals surface area contributed by atoms with E-state index < -0.39 is 0 Å². The number of carbonyl (C=O) groups excluding carboxylic acids is 2. The van der Waals surface area contributed by atoms with Gasteiger partial charge in [-0.3, -0.25) is 9.59 Å². The second-order valence-electron chi connectivity index (χ2n) is 10.8. The fourth-order valence-corrected chi connectivity index (χ4v) is 6.22. The van der Waals surface area contributed by atoms with Crippen LogP contribution in [0.15, 0.2) is 42.5 Å². The van der Waals surface area contributed by atoms with E-state index in [4.69, 9.17) is 4.98 Å². The molecule has 3 saturated carbocycles. The predicted octanol–water partition coefficient (Wildman–Crippen LogP) is 6.06. The zero-order valence-corrected chi connectivity index (χ0v) is 20.2. The Morgan fingerprint density at radius 1 is 0.857 bits per heavy atom. The van der Waals surface area contributed by atoms with Crippen molar-refractivity contribution < 1.29 is 9.59 Å². The van der Waals surface area contributed by atoms with Crippen LogP contribution in [-0.4, -0.2) is 27.8 Å². The monoisotopic (exact) mass is 470 g/mol. The number of hydrogen-bond donors (Lipinski definition) is 3. The first-order valence-corrected chi connectivity index (χ1v) is 13.3. The SMILES string of the molecule is O=C(NC1CCCCC1)c1ccc2[nH]c(-c3ccc(NC(=O)C4CCC5CCC5C4)cc3)nc2c1. The number of carbonyl (C=O) groups is 2. The molecule has 182 valence electrons. The lowest BCUT2D eigenvalue weighted by Gasteiger charge is -2.43. The van der Waals surface area contributed by atoms with Crippen LogP contribution in [0.3, 0.4) is 0 Å². The van der Waals surface area contributed by atoms with Crippen molar-refractivity contribution in [3.05, 3.63) is 48.0 Å². The minimum atomic E-state index is -0.0192. The number of H-pyrrole nitrogens is 1. The summed E-state index contributed by atoms with van der Waals surface area (Å²) < 4.78 is 0. The van der Waals surface area contributed by atoms with E-state index in [2.05, 4.69) is 15.6 Å². The molecule has 1 heterocycles. The van der Waals surface area contributed by atoms with Crippen molar-refractivity contribution in [2.24, 2.45) is 17.8 Å². The Morgan fingerprint density at radius 3 is 2.37 bits per heavy atom. The van der Waals surface area contributed by atoms with E-state index in [1.165, 1.54) is 38.5 Å². The number of fused-ring (bicyclic) bond motifs is 2. The highest BCUT2D eigenvalue weighted by Crippen LogP contribution is 2.47. The highest BCUT2D eigenvalue weighted by Gasteiger charge is 2.38. The Morgan fingerprint density at radius 2 is 1.63 bits per heavy atom. The smallest absolute Gasteiger partial charge is 0.251 e. The molecule has 0 bridgehead atoms. The minimum absolute atomic E-state index is 0.0192. The molecule has 6 rings (SSSR count). The molecule has 0 radical (unpaired) electrons. The molecule has 2 amide bonds. The molecule has 6 nitrogen and oxygen atoms in total. The standard InChI is InChI=1S/C29H34N4O2/c34-28(21-9-7-18-6-8-20(18)16-21)31-24-13-10-19(11-14-24)27-32-25-15-12-22(17-26(25)33-27)29(35)30-23-4-2-1-3-5-23/h10-15,17-18,20-21,23H,1-9,16H2,(H,30,35)(H,31,34)(H,32,33). The quantitative estimate of drug-likeness (QED) is 0.424. The lowest BCUT2D eigenvalue weighted by atomic mass is 9.62. The lowest BCUT2D eigenvalue weighted by Crippen LogP contribution is -2.37. The number of nitrogens with one attached hydrogen (secondary N) is 3. The van der Waals surface area contributed by atoms with Gasteiger partial charge >= 0.3 is 0 Å². The van der Waals surface area contributed by atoms with Gasteiger partial charge in [0.2, 0.25) is 5.91 Å². The number of benzene rings is 2. The molecule has 3 aromatic rings. The molecule has 3 unspecified atom stereocenters. The molecule has 35 heavy (non-hydrogen) atoms. The van der Waals surface area contributed by atoms with E-state index >= 15 is 0 Å². The third-order valence-corrected chi connectivity index (χ3v) is 8.53. The van der Waals surface area contributed by atoms with Crippen molar-refractivity contribution in [1.82, 2.24) is 15.3 Å². The fraction of sp³-hybridized carbons (Fsp3) is 0.483. The number of aromatic nitrogens is 2. The average Bonchev–Trinajstić information content (AvgIpc) is 3.29. The molecule has 0 spiro atoms. The molecule has 1 aromatic heterocycles. The van der Waals surface area contributed by atoms with Gasteiger partial charge in [0.1, 0.15) is 5.82 Å². The summed E-state index contributed by atoms with van der Waals surface area (Å²) in [5.41, 5.74) is 4.10. The largest absolute Gasteiger partial charge is 0.349 e. The van der Waals surface area contributed by atoms with E-state index in [-0.39, 0.29) is 23.8 Å². The van der Waals surface area contributed by atoms with Gasteiger partial charge in [0.25, 0.3) is 5.91 Å². The molecule has 3 fully saturated rings. The van der Waals surface area contributed by atoms with Crippen LogP contribution in [0.25, 0.3) is 22.4 Å². The summed E-state index contributed by atoms with van der Waals surface area (Å²) in [7, 11) is 0. The number of amides is 2. The highest BCUT2D eigenvalue weighted by molar-refractivity contribution is 5.98. The summed E-state index contributed by atoms with van der Waals surface area (Å²) >= 11 is 0. The van der Waals surface area contributed by atoms with Gasteiger partial charge in [-0.25, -0.2) is 4.98 Å². The summed E-state index contributed by atoms with van der Waals surface area (Å²) in [4.78, 5) is 33.6. The van der Waals surface area contributed by atoms with E-state index in [9.17, 15) is 9.59 Å². The van der Waals surface area contributed by atoms with Gasteiger partial charge in [-0.1, -0.05) is 19.3 Å². The van der Waals surface area contributed by atoms with Gasteiger partial charge in [-0.15, -0.1) is 0 Å². The van der Waals surface area contributed by atoms with Crippen LogP contribution in [0, 0.1) is 17.8 Å². The van der Waals surface area contributed by atoms with E-state index in [1.807, 2.05) is 42.5 Å². The topological polar surface area (TPSA) is 86.9 Å². The van der Waals surface area contributed by atoms with E-state index in [0.29, 0.717) is 5.56 Å². The number of rotatable bonds is 5. The van der Waals surface area contributed by atoms with Crippen molar-refractivity contribution in [2.75, 3.05) is 5.32 Å². The first-order valence-electron chi connectivity index (χ1n) is 13.3. The van der Waals surface area contributed by atoms with Gasteiger partial charge in [0.15, 0.2) is 0 Å². The summed E-state index contributed by atoms with van der Waals surface area (Å²) in [6, 6.07) is 13.8.